The SMILES string of the molecule is C1=CC(c2cccc3c2-c2ccccc2C3)=CCC1. The predicted molar refractivity (Wildman–Crippen MR) is 81.0 cm³/mol. The smallest absolute Gasteiger partial charge is 0.00132 e. The summed E-state index contributed by atoms with van der Waals surface area (Å²) in [7, 11) is 0. The van der Waals surface area contributed by atoms with E-state index in [0.29, 0.717) is 0 Å². The third-order valence-electron chi connectivity index (χ3n) is 4.12. The van der Waals surface area contributed by atoms with Gasteiger partial charge in [0.1, 0.15) is 0 Å². The molecule has 0 nitrogen and oxygen atoms in total. The van der Waals surface area contributed by atoms with Gasteiger partial charge >= 0.3 is 0 Å². The lowest BCUT2D eigenvalue weighted by atomic mass is 9.91. The average Bonchev–Trinajstić information content (AvgIpc) is 2.86. The first-order chi connectivity index (χ1) is 9.43. The molecule has 0 atom stereocenters. The maximum absolute atomic E-state index is 2.37. The van der Waals surface area contributed by atoms with Crippen molar-refractivity contribution in [3.63, 3.8) is 0 Å². The molecule has 2 aliphatic carbocycles. The van der Waals surface area contributed by atoms with Gasteiger partial charge in [-0.15, -0.1) is 0 Å². The number of allylic oxidation sites excluding steroid dienone is 4. The van der Waals surface area contributed by atoms with Crippen molar-refractivity contribution in [1.29, 1.82) is 0 Å². The van der Waals surface area contributed by atoms with E-state index in [1.807, 2.05) is 0 Å². The van der Waals surface area contributed by atoms with Gasteiger partial charge in [0, 0.05) is 0 Å². The number of benzene rings is 2. The second-order valence-corrected chi connectivity index (χ2v) is 5.31. The predicted octanol–water partition coefficient (Wildman–Crippen LogP) is 4.99. The standard InChI is InChI=1S/C19H16/c1-2-7-14(8-3-1)17-12-6-10-16-13-15-9-4-5-11-18(15)19(16)17/h2,4-12H,1,3,13H2. The van der Waals surface area contributed by atoms with E-state index in [9.17, 15) is 0 Å². The fourth-order valence-electron chi connectivity index (χ4n) is 3.24. The fraction of sp³-hybridized carbons (Fsp3) is 0.158. The minimum absolute atomic E-state index is 1.08. The van der Waals surface area contributed by atoms with Crippen LogP contribution in [0, 0.1) is 0 Å². The zero-order valence-corrected chi connectivity index (χ0v) is 10.9. The molecular weight excluding hydrogens is 228 g/mol. The van der Waals surface area contributed by atoms with Gasteiger partial charge in [0.15, 0.2) is 0 Å². The Morgan fingerprint density at radius 2 is 1.58 bits per heavy atom. The van der Waals surface area contributed by atoms with E-state index < -0.39 is 0 Å². The van der Waals surface area contributed by atoms with Gasteiger partial charge < -0.3 is 0 Å². The van der Waals surface area contributed by atoms with Crippen molar-refractivity contribution in [1.82, 2.24) is 0 Å². The first kappa shape index (κ1) is 10.8. The van der Waals surface area contributed by atoms with E-state index in [1.165, 1.54) is 39.8 Å². The van der Waals surface area contributed by atoms with E-state index in [1.54, 1.807) is 0 Å². The summed E-state index contributed by atoms with van der Waals surface area (Å²) in [6, 6.07) is 15.5. The molecular formula is C19H16. The summed E-state index contributed by atoms with van der Waals surface area (Å²) in [6.07, 6.45) is 10.4. The Bertz CT molecular complexity index is 702. The van der Waals surface area contributed by atoms with Crippen molar-refractivity contribution < 1.29 is 0 Å². The third-order valence-corrected chi connectivity index (χ3v) is 4.12. The van der Waals surface area contributed by atoms with Crippen LogP contribution < -0.4 is 0 Å². The number of fused-ring (bicyclic) bond motifs is 3. The molecule has 2 aliphatic rings. The van der Waals surface area contributed by atoms with Crippen LogP contribution in [0.3, 0.4) is 0 Å². The van der Waals surface area contributed by atoms with Gasteiger partial charge in [0.2, 0.25) is 0 Å². The van der Waals surface area contributed by atoms with Gasteiger partial charge in [0.25, 0.3) is 0 Å². The Kier molecular flexibility index (Phi) is 2.41. The summed E-state index contributed by atoms with van der Waals surface area (Å²) in [5, 5.41) is 0. The molecule has 0 N–H and O–H groups in total. The van der Waals surface area contributed by atoms with Crippen molar-refractivity contribution in [2.45, 2.75) is 19.3 Å². The highest BCUT2D eigenvalue weighted by Gasteiger charge is 2.21. The van der Waals surface area contributed by atoms with Crippen LogP contribution in [-0.4, -0.2) is 0 Å². The molecule has 0 heteroatoms. The number of rotatable bonds is 1. The molecule has 19 heavy (non-hydrogen) atoms. The Hall–Kier alpha value is -2.08. The maximum atomic E-state index is 2.37. The van der Waals surface area contributed by atoms with Crippen LogP contribution >= 0.6 is 0 Å². The first-order valence-electron chi connectivity index (χ1n) is 7.01. The Labute approximate surface area is 114 Å². The molecule has 0 bridgehead atoms. The quantitative estimate of drug-likeness (QED) is 0.565. The highest BCUT2D eigenvalue weighted by Crippen LogP contribution is 2.41. The molecule has 92 valence electrons. The van der Waals surface area contributed by atoms with Gasteiger partial charge in [-0.3, -0.25) is 0 Å². The van der Waals surface area contributed by atoms with E-state index in [4.69, 9.17) is 0 Å². The summed E-state index contributed by atoms with van der Waals surface area (Å²) in [5.74, 6) is 0. The van der Waals surface area contributed by atoms with E-state index >= 15 is 0 Å². The van der Waals surface area contributed by atoms with Gasteiger partial charge in [-0.1, -0.05) is 60.7 Å². The lowest BCUT2D eigenvalue weighted by molar-refractivity contribution is 1.04. The highest BCUT2D eigenvalue weighted by molar-refractivity contribution is 5.90. The molecule has 0 fully saturated rings. The molecule has 0 amide bonds. The molecule has 0 aromatic heterocycles. The van der Waals surface area contributed by atoms with Crippen LogP contribution in [-0.2, 0) is 6.42 Å². The number of hydrogen-bond acceptors (Lipinski definition) is 0. The van der Waals surface area contributed by atoms with Crippen molar-refractivity contribution >= 4 is 5.57 Å². The molecule has 4 rings (SSSR count). The topological polar surface area (TPSA) is 0 Å². The van der Waals surface area contributed by atoms with Crippen LogP contribution in [0.4, 0.5) is 0 Å². The van der Waals surface area contributed by atoms with Gasteiger partial charge in [-0.2, -0.15) is 0 Å². The molecule has 0 unspecified atom stereocenters. The molecule has 0 spiro atoms. The van der Waals surface area contributed by atoms with Crippen molar-refractivity contribution in [2.75, 3.05) is 0 Å². The van der Waals surface area contributed by atoms with Gasteiger partial charge in [-0.05, 0) is 52.7 Å². The molecule has 0 saturated heterocycles. The summed E-state index contributed by atoms with van der Waals surface area (Å²) < 4.78 is 0. The second kappa shape index (κ2) is 4.24. The van der Waals surface area contributed by atoms with Crippen molar-refractivity contribution in [3.05, 3.63) is 77.4 Å². The molecule has 2 aromatic carbocycles. The average molecular weight is 244 g/mol. The molecule has 0 aliphatic heterocycles. The lowest BCUT2D eigenvalue weighted by Crippen LogP contribution is -1.91. The molecule has 2 aromatic rings. The third kappa shape index (κ3) is 1.67. The monoisotopic (exact) mass is 244 g/mol. The minimum Gasteiger partial charge on any atom is -0.0836 e. The summed E-state index contributed by atoms with van der Waals surface area (Å²) in [4.78, 5) is 0. The summed E-state index contributed by atoms with van der Waals surface area (Å²) in [5.41, 5.74) is 8.60. The van der Waals surface area contributed by atoms with Crippen molar-refractivity contribution in [3.8, 4) is 11.1 Å². The van der Waals surface area contributed by atoms with Crippen molar-refractivity contribution in [2.24, 2.45) is 0 Å². The van der Waals surface area contributed by atoms with E-state index in [2.05, 4.69) is 60.7 Å². The molecule has 0 saturated carbocycles. The van der Waals surface area contributed by atoms with E-state index in [0.717, 1.165) is 12.8 Å². The van der Waals surface area contributed by atoms with Crippen LogP contribution in [0.25, 0.3) is 16.7 Å². The molecule has 0 heterocycles. The number of hydrogen-bond donors (Lipinski definition) is 0. The maximum Gasteiger partial charge on any atom is -0.00132 e. The second-order valence-electron chi connectivity index (χ2n) is 5.31. The highest BCUT2D eigenvalue weighted by atomic mass is 14.2. The zero-order chi connectivity index (χ0) is 12.7. The zero-order valence-electron chi connectivity index (χ0n) is 10.9. The Morgan fingerprint density at radius 3 is 2.47 bits per heavy atom. The minimum atomic E-state index is 1.08. The van der Waals surface area contributed by atoms with E-state index in [-0.39, 0.29) is 0 Å². The summed E-state index contributed by atoms with van der Waals surface area (Å²) in [6.45, 7) is 0. The fourth-order valence-corrected chi connectivity index (χ4v) is 3.24. The van der Waals surface area contributed by atoms with Crippen LogP contribution in [0.5, 0.6) is 0 Å². The van der Waals surface area contributed by atoms with Gasteiger partial charge in [0.05, 0.1) is 0 Å². The van der Waals surface area contributed by atoms with Crippen LogP contribution in [0.2, 0.25) is 0 Å². The Balaban J connectivity index is 1.95. The largest absolute Gasteiger partial charge is 0.0836 e. The normalized spacial score (nSPS) is 15.9. The molecule has 0 radical (unpaired) electrons. The first-order valence-corrected chi connectivity index (χ1v) is 7.01. The Morgan fingerprint density at radius 1 is 0.737 bits per heavy atom. The lowest BCUT2D eigenvalue weighted by Gasteiger charge is -2.13. The van der Waals surface area contributed by atoms with Gasteiger partial charge in [-0.25, -0.2) is 0 Å². The van der Waals surface area contributed by atoms with Crippen LogP contribution in [0.15, 0.2) is 60.7 Å². The summed E-state index contributed by atoms with van der Waals surface area (Å²) >= 11 is 0. The van der Waals surface area contributed by atoms with Crippen LogP contribution in [0.1, 0.15) is 29.5 Å².